The van der Waals surface area contributed by atoms with E-state index in [0.717, 1.165) is 17.5 Å². The van der Waals surface area contributed by atoms with Gasteiger partial charge in [0.25, 0.3) is 0 Å². The van der Waals surface area contributed by atoms with E-state index in [0.29, 0.717) is 5.69 Å². The smallest absolute Gasteiger partial charge is 0.358 e. The SMILES string of the molecule is CCC(NC(=O)Cn1nc([N+](=O)[O-])cc1C)c1ccc(C)cc1. The summed E-state index contributed by atoms with van der Waals surface area (Å²) in [6, 6.07) is 9.26. The predicted molar refractivity (Wildman–Crippen MR) is 86.0 cm³/mol. The number of carbonyl (C=O) groups is 1. The Morgan fingerprint density at radius 2 is 2.00 bits per heavy atom. The zero-order chi connectivity index (χ0) is 17.0. The summed E-state index contributed by atoms with van der Waals surface area (Å²) in [7, 11) is 0. The summed E-state index contributed by atoms with van der Waals surface area (Å²) in [5.74, 6) is -0.473. The van der Waals surface area contributed by atoms with Crippen LogP contribution in [0.5, 0.6) is 0 Å². The number of carbonyl (C=O) groups excluding carboxylic acids is 1. The molecule has 0 spiro atoms. The maximum atomic E-state index is 12.2. The molecule has 1 N–H and O–H groups in total. The van der Waals surface area contributed by atoms with Crippen molar-refractivity contribution in [1.29, 1.82) is 0 Å². The largest absolute Gasteiger partial charge is 0.390 e. The van der Waals surface area contributed by atoms with Gasteiger partial charge in [-0.1, -0.05) is 36.8 Å². The van der Waals surface area contributed by atoms with Gasteiger partial charge in [-0.15, -0.1) is 0 Å². The minimum atomic E-state index is -0.567. The van der Waals surface area contributed by atoms with Crippen LogP contribution in [0.4, 0.5) is 5.82 Å². The number of nitro groups is 1. The second-order valence-corrected chi connectivity index (χ2v) is 5.50. The molecule has 0 radical (unpaired) electrons. The molecule has 0 aliphatic rings. The van der Waals surface area contributed by atoms with E-state index in [1.165, 1.54) is 10.7 Å². The van der Waals surface area contributed by atoms with E-state index < -0.39 is 4.92 Å². The maximum Gasteiger partial charge on any atom is 0.390 e. The Bertz CT molecular complexity index is 707. The van der Waals surface area contributed by atoms with Crippen molar-refractivity contribution in [2.45, 2.75) is 39.8 Å². The molecule has 1 heterocycles. The van der Waals surface area contributed by atoms with E-state index in [2.05, 4.69) is 10.4 Å². The van der Waals surface area contributed by atoms with Gasteiger partial charge in [0.15, 0.2) is 0 Å². The van der Waals surface area contributed by atoms with Gasteiger partial charge < -0.3 is 15.4 Å². The average Bonchev–Trinajstić information content (AvgIpc) is 2.87. The number of amides is 1. The number of aromatic nitrogens is 2. The molecule has 1 aromatic heterocycles. The number of nitrogens with zero attached hydrogens (tertiary/aromatic N) is 3. The van der Waals surface area contributed by atoms with Crippen LogP contribution in [0.1, 0.15) is 36.2 Å². The number of benzene rings is 1. The number of hydrogen-bond acceptors (Lipinski definition) is 4. The van der Waals surface area contributed by atoms with Crippen molar-refractivity contribution < 1.29 is 9.72 Å². The fourth-order valence-electron chi connectivity index (χ4n) is 2.34. The van der Waals surface area contributed by atoms with Gasteiger partial charge in [0.2, 0.25) is 5.91 Å². The summed E-state index contributed by atoms with van der Waals surface area (Å²) >= 11 is 0. The highest BCUT2D eigenvalue weighted by atomic mass is 16.6. The molecule has 7 nitrogen and oxygen atoms in total. The molecule has 0 aliphatic heterocycles. The molecule has 0 fully saturated rings. The molecule has 1 atom stereocenters. The van der Waals surface area contributed by atoms with Gasteiger partial charge in [0.1, 0.15) is 6.54 Å². The molecule has 0 saturated heterocycles. The minimum absolute atomic E-state index is 0.0396. The van der Waals surface area contributed by atoms with Crippen LogP contribution in [-0.4, -0.2) is 20.6 Å². The average molecular weight is 316 g/mol. The van der Waals surface area contributed by atoms with E-state index in [-0.39, 0.29) is 24.3 Å². The molecule has 1 unspecified atom stereocenters. The molecule has 0 aliphatic carbocycles. The lowest BCUT2D eigenvalue weighted by atomic mass is 10.0. The molecule has 0 saturated carbocycles. The van der Waals surface area contributed by atoms with Gasteiger partial charge in [-0.05, 0) is 30.8 Å². The Balaban J connectivity index is 2.05. The van der Waals surface area contributed by atoms with Gasteiger partial charge in [0.05, 0.1) is 22.9 Å². The molecule has 2 rings (SSSR count). The third-order valence-corrected chi connectivity index (χ3v) is 3.67. The molecular weight excluding hydrogens is 296 g/mol. The lowest BCUT2D eigenvalue weighted by Gasteiger charge is -2.17. The van der Waals surface area contributed by atoms with Crippen molar-refractivity contribution in [3.8, 4) is 0 Å². The zero-order valence-electron chi connectivity index (χ0n) is 13.4. The Morgan fingerprint density at radius 3 is 2.52 bits per heavy atom. The lowest BCUT2D eigenvalue weighted by Crippen LogP contribution is -2.31. The Morgan fingerprint density at radius 1 is 1.35 bits per heavy atom. The Kier molecular flexibility index (Phi) is 5.10. The summed E-state index contributed by atoms with van der Waals surface area (Å²) in [6.07, 6.45) is 0.757. The summed E-state index contributed by atoms with van der Waals surface area (Å²) < 4.78 is 1.34. The van der Waals surface area contributed by atoms with Crippen molar-refractivity contribution in [3.63, 3.8) is 0 Å². The first kappa shape index (κ1) is 16.7. The normalized spacial score (nSPS) is 12.0. The highest BCUT2D eigenvalue weighted by Crippen LogP contribution is 2.17. The van der Waals surface area contributed by atoms with Gasteiger partial charge >= 0.3 is 5.82 Å². The third kappa shape index (κ3) is 4.15. The zero-order valence-corrected chi connectivity index (χ0v) is 13.4. The van der Waals surface area contributed by atoms with Crippen LogP contribution in [0.25, 0.3) is 0 Å². The minimum Gasteiger partial charge on any atom is -0.358 e. The highest BCUT2D eigenvalue weighted by Gasteiger charge is 2.19. The first-order valence-corrected chi connectivity index (χ1v) is 7.45. The number of nitrogens with one attached hydrogen (secondary N) is 1. The van der Waals surface area contributed by atoms with Crippen molar-refractivity contribution in [2.24, 2.45) is 0 Å². The molecule has 1 amide bonds. The first-order valence-electron chi connectivity index (χ1n) is 7.45. The first-order chi connectivity index (χ1) is 10.9. The Labute approximate surface area is 134 Å². The van der Waals surface area contributed by atoms with Crippen LogP contribution >= 0.6 is 0 Å². The van der Waals surface area contributed by atoms with E-state index in [4.69, 9.17) is 0 Å². The van der Waals surface area contributed by atoms with Crippen LogP contribution in [-0.2, 0) is 11.3 Å². The summed E-state index contributed by atoms with van der Waals surface area (Å²) in [5, 5.41) is 17.5. The van der Waals surface area contributed by atoms with Crippen molar-refractivity contribution in [1.82, 2.24) is 15.1 Å². The molecule has 2 aromatic rings. The number of aryl methyl sites for hydroxylation is 2. The van der Waals surface area contributed by atoms with E-state index >= 15 is 0 Å². The fourth-order valence-corrected chi connectivity index (χ4v) is 2.34. The van der Waals surface area contributed by atoms with E-state index in [1.807, 2.05) is 38.1 Å². The molecule has 1 aromatic carbocycles. The monoisotopic (exact) mass is 316 g/mol. The second kappa shape index (κ2) is 7.04. The second-order valence-electron chi connectivity index (χ2n) is 5.50. The summed E-state index contributed by atoms with van der Waals surface area (Å²) in [5.41, 5.74) is 2.78. The third-order valence-electron chi connectivity index (χ3n) is 3.67. The van der Waals surface area contributed by atoms with Crippen LogP contribution in [0, 0.1) is 24.0 Å². The predicted octanol–water partition coefficient (Wildman–Crippen LogP) is 2.68. The fraction of sp³-hybridized carbons (Fsp3) is 0.375. The molecule has 0 bridgehead atoms. The van der Waals surface area contributed by atoms with Crippen molar-refractivity contribution >= 4 is 11.7 Å². The molecular formula is C16H20N4O3. The quantitative estimate of drug-likeness (QED) is 0.655. The van der Waals surface area contributed by atoms with Crippen LogP contribution in [0.2, 0.25) is 0 Å². The van der Waals surface area contributed by atoms with Gasteiger partial charge in [-0.3, -0.25) is 4.79 Å². The topological polar surface area (TPSA) is 90.1 Å². The van der Waals surface area contributed by atoms with Crippen LogP contribution < -0.4 is 5.32 Å². The lowest BCUT2D eigenvalue weighted by molar-refractivity contribution is -0.389. The van der Waals surface area contributed by atoms with Crippen molar-refractivity contribution in [3.05, 3.63) is 57.3 Å². The molecule has 23 heavy (non-hydrogen) atoms. The van der Waals surface area contributed by atoms with Gasteiger partial charge in [-0.25, -0.2) is 0 Å². The van der Waals surface area contributed by atoms with E-state index in [9.17, 15) is 14.9 Å². The number of hydrogen-bond donors (Lipinski definition) is 1. The molecule has 122 valence electrons. The summed E-state index contributed by atoms with van der Waals surface area (Å²) in [4.78, 5) is 22.4. The molecule has 7 heteroatoms. The van der Waals surface area contributed by atoms with Crippen LogP contribution in [0.3, 0.4) is 0 Å². The maximum absolute atomic E-state index is 12.2. The van der Waals surface area contributed by atoms with Crippen LogP contribution in [0.15, 0.2) is 30.3 Å². The van der Waals surface area contributed by atoms with Gasteiger partial charge in [0, 0.05) is 0 Å². The van der Waals surface area contributed by atoms with E-state index in [1.54, 1.807) is 6.92 Å². The Hall–Kier alpha value is -2.70. The standard InChI is InChI=1S/C16H20N4O3/c1-4-14(13-7-5-11(2)6-8-13)17-16(21)10-19-12(3)9-15(18-19)20(22)23/h5-9,14H,4,10H2,1-3H3,(H,17,21). The van der Waals surface area contributed by atoms with Gasteiger partial charge in [-0.2, -0.15) is 4.68 Å². The van der Waals surface area contributed by atoms with Crippen molar-refractivity contribution in [2.75, 3.05) is 0 Å². The number of rotatable bonds is 6. The highest BCUT2D eigenvalue weighted by molar-refractivity contribution is 5.76. The summed E-state index contributed by atoms with van der Waals surface area (Å²) in [6.45, 7) is 5.65.